The molecular formula is C14H9Cl2N3O3. The van der Waals surface area contributed by atoms with Gasteiger partial charge in [0.25, 0.3) is 11.6 Å². The van der Waals surface area contributed by atoms with E-state index in [1.165, 1.54) is 30.5 Å². The largest absolute Gasteiger partial charge is 0.271 e. The van der Waals surface area contributed by atoms with Crippen LogP contribution in [-0.2, 0) is 0 Å². The first kappa shape index (κ1) is 15.9. The van der Waals surface area contributed by atoms with Crippen molar-refractivity contribution in [3.63, 3.8) is 0 Å². The van der Waals surface area contributed by atoms with Crippen LogP contribution in [0.3, 0.4) is 0 Å². The van der Waals surface area contributed by atoms with Crippen LogP contribution in [0.2, 0.25) is 10.0 Å². The predicted molar refractivity (Wildman–Crippen MR) is 84.6 cm³/mol. The Bertz CT molecular complexity index is 763. The second kappa shape index (κ2) is 7.02. The number of nitrogens with one attached hydrogen (secondary N) is 1. The Morgan fingerprint density at radius 3 is 2.68 bits per heavy atom. The van der Waals surface area contributed by atoms with Crippen LogP contribution in [-0.4, -0.2) is 17.0 Å². The molecule has 0 aliphatic carbocycles. The first-order valence-electron chi connectivity index (χ1n) is 6.00. The summed E-state index contributed by atoms with van der Waals surface area (Å²) < 4.78 is 0. The second-order valence-electron chi connectivity index (χ2n) is 4.17. The lowest BCUT2D eigenvalue weighted by molar-refractivity contribution is -0.384. The van der Waals surface area contributed by atoms with Crippen LogP contribution in [0.1, 0.15) is 15.9 Å². The fourth-order valence-electron chi connectivity index (χ4n) is 1.59. The van der Waals surface area contributed by atoms with E-state index in [0.29, 0.717) is 15.6 Å². The van der Waals surface area contributed by atoms with Gasteiger partial charge in [-0.2, -0.15) is 5.10 Å². The van der Waals surface area contributed by atoms with Gasteiger partial charge in [0.05, 0.1) is 16.2 Å². The van der Waals surface area contributed by atoms with E-state index in [1.54, 1.807) is 18.2 Å². The highest BCUT2D eigenvalue weighted by Gasteiger charge is 2.10. The molecule has 0 aliphatic heterocycles. The van der Waals surface area contributed by atoms with Crippen LogP contribution in [0.25, 0.3) is 0 Å². The fraction of sp³-hybridized carbons (Fsp3) is 0. The number of nitrogens with zero attached hydrogens (tertiary/aromatic N) is 2. The number of amides is 1. The molecule has 0 spiro atoms. The standard InChI is InChI=1S/C14H9Cl2N3O3/c15-11-5-4-10(13(16)7-11)8-17-18-14(20)9-2-1-3-12(6-9)19(21)22/h1-8H,(H,18,20)/b17-8-. The van der Waals surface area contributed by atoms with Crippen molar-refractivity contribution in [1.29, 1.82) is 0 Å². The first-order chi connectivity index (χ1) is 10.5. The number of carbonyl (C=O) groups excluding carboxylic acids is 1. The van der Waals surface area contributed by atoms with Gasteiger partial charge in [0.15, 0.2) is 0 Å². The zero-order valence-corrected chi connectivity index (χ0v) is 12.5. The summed E-state index contributed by atoms with van der Waals surface area (Å²) in [5, 5.41) is 15.3. The third kappa shape index (κ3) is 4.03. The minimum Gasteiger partial charge on any atom is -0.267 e. The zero-order valence-electron chi connectivity index (χ0n) is 11.0. The van der Waals surface area contributed by atoms with Crippen molar-refractivity contribution in [3.05, 3.63) is 73.8 Å². The van der Waals surface area contributed by atoms with Gasteiger partial charge in [-0.15, -0.1) is 0 Å². The third-order valence-corrected chi connectivity index (χ3v) is 3.21. The fourth-order valence-corrected chi connectivity index (χ4v) is 2.05. The van der Waals surface area contributed by atoms with Gasteiger partial charge in [-0.25, -0.2) is 5.43 Å². The monoisotopic (exact) mass is 337 g/mol. The quantitative estimate of drug-likeness (QED) is 0.524. The van der Waals surface area contributed by atoms with E-state index in [2.05, 4.69) is 10.5 Å². The van der Waals surface area contributed by atoms with Gasteiger partial charge in [0, 0.05) is 28.3 Å². The molecule has 8 heteroatoms. The lowest BCUT2D eigenvalue weighted by Crippen LogP contribution is -2.17. The highest BCUT2D eigenvalue weighted by molar-refractivity contribution is 6.36. The summed E-state index contributed by atoms with van der Waals surface area (Å²) in [6.07, 6.45) is 1.36. The number of benzene rings is 2. The highest BCUT2D eigenvalue weighted by atomic mass is 35.5. The van der Waals surface area contributed by atoms with Crippen LogP contribution < -0.4 is 5.43 Å². The summed E-state index contributed by atoms with van der Waals surface area (Å²) in [7, 11) is 0. The van der Waals surface area contributed by atoms with Crippen molar-refractivity contribution in [1.82, 2.24) is 5.43 Å². The Balaban J connectivity index is 2.08. The summed E-state index contributed by atoms with van der Waals surface area (Å²) >= 11 is 11.7. The molecule has 0 saturated heterocycles. The Kier molecular flexibility index (Phi) is 5.08. The van der Waals surface area contributed by atoms with Crippen LogP contribution in [0.15, 0.2) is 47.6 Å². The third-order valence-electron chi connectivity index (χ3n) is 2.65. The molecule has 0 aromatic heterocycles. The molecule has 1 N–H and O–H groups in total. The van der Waals surface area contributed by atoms with Crippen molar-refractivity contribution < 1.29 is 9.72 Å². The van der Waals surface area contributed by atoms with E-state index in [0.717, 1.165) is 0 Å². The van der Waals surface area contributed by atoms with E-state index >= 15 is 0 Å². The number of carbonyl (C=O) groups is 1. The van der Waals surface area contributed by atoms with Crippen LogP contribution in [0, 0.1) is 10.1 Å². The second-order valence-corrected chi connectivity index (χ2v) is 5.02. The number of hydrazone groups is 1. The first-order valence-corrected chi connectivity index (χ1v) is 6.76. The molecule has 6 nitrogen and oxygen atoms in total. The van der Waals surface area contributed by atoms with Gasteiger partial charge in [-0.1, -0.05) is 35.3 Å². The number of non-ortho nitro benzene ring substituents is 1. The molecule has 0 fully saturated rings. The van der Waals surface area contributed by atoms with E-state index in [-0.39, 0.29) is 11.3 Å². The molecule has 0 atom stereocenters. The average molecular weight is 338 g/mol. The molecule has 2 aromatic carbocycles. The summed E-state index contributed by atoms with van der Waals surface area (Å²) in [6, 6.07) is 10.2. The van der Waals surface area contributed by atoms with Gasteiger partial charge >= 0.3 is 0 Å². The zero-order chi connectivity index (χ0) is 16.1. The lowest BCUT2D eigenvalue weighted by atomic mass is 10.2. The average Bonchev–Trinajstić information content (AvgIpc) is 2.49. The maximum absolute atomic E-state index is 11.8. The van der Waals surface area contributed by atoms with Crippen molar-refractivity contribution >= 4 is 41.0 Å². The van der Waals surface area contributed by atoms with E-state index in [9.17, 15) is 14.9 Å². The Hall–Kier alpha value is -2.44. The SMILES string of the molecule is O=C(N/N=C\c1ccc(Cl)cc1Cl)c1cccc([N+](=O)[O-])c1. The van der Waals surface area contributed by atoms with Crippen molar-refractivity contribution in [2.45, 2.75) is 0 Å². The molecule has 0 aliphatic rings. The Morgan fingerprint density at radius 2 is 2.00 bits per heavy atom. The van der Waals surface area contributed by atoms with Crippen LogP contribution >= 0.6 is 23.2 Å². The normalized spacial score (nSPS) is 10.6. The summed E-state index contributed by atoms with van der Waals surface area (Å²) in [4.78, 5) is 21.9. The summed E-state index contributed by atoms with van der Waals surface area (Å²) in [5.74, 6) is -0.565. The molecule has 0 saturated carbocycles. The van der Waals surface area contributed by atoms with Gasteiger partial charge in [0.1, 0.15) is 0 Å². The molecular weight excluding hydrogens is 329 g/mol. The smallest absolute Gasteiger partial charge is 0.267 e. The number of nitro benzene ring substituents is 1. The molecule has 0 unspecified atom stereocenters. The minimum atomic E-state index is -0.576. The Labute approximate surface area is 135 Å². The van der Waals surface area contributed by atoms with Gasteiger partial charge in [-0.3, -0.25) is 14.9 Å². The van der Waals surface area contributed by atoms with Crippen molar-refractivity contribution in [2.24, 2.45) is 5.10 Å². The topological polar surface area (TPSA) is 84.6 Å². The molecule has 0 radical (unpaired) electrons. The minimum absolute atomic E-state index is 0.133. The maximum atomic E-state index is 11.8. The molecule has 1 amide bonds. The van der Waals surface area contributed by atoms with Gasteiger partial charge < -0.3 is 0 Å². The molecule has 2 rings (SSSR count). The van der Waals surface area contributed by atoms with Crippen LogP contribution in [0.4, 0.5) is 5.69 Å². The van der Waals surface area contributed by atoms with Gasteiger partial charge in [0.2, 0.25) is 0 Å². The Morgan fingerprint density at radius 1 is 1.23 bits per heavy atom. The van der Waals surface area contributed by atoms with Crippen molar-refractivity contribution in [2.75, 3.05) is 0 Å². The van der Waals surface area contributed by atoms with Gasteiger partial charge in [-0.05, 0) is 18.2 Å². The number of halogens is 2. The van der Waals surface area contributed by atoms with E-state index in [1.807, 2.05) is 0 Å². The molecule has 0 heterocycles. The van der Waals surface area contributed by atoms with Crippen LogP contribution in [0.5, 0.6) is 0 Å². The molecule has 2 aromatic rings. The number of hydrogen-bond donors (Lipinski definition) is 1. The lowest BCUT2D eigenvalue weighted by Gasteiger charge is -2.01. The number of nitro groups is 1. The van der Waals surface area contributed by atoms with E-state index < -0.39 is 10.8 Å². The van der Waals surface area contributed by atoms with E-state index in [4.69, 9.17) is 23.2 Å². The number of rotatable bonds is 4. The summed E-state index contributed by atoms with van der Waals surface area (Å²) in [6.45, 7) is 0. The van der Waals surface area contributed by atoms with Crippen molar-refractivity contribution in [3.8, 4) is 0 Å². The highest BCUT2D eigenvalue weighted by Crippen LogP contribution is 2.19. The molecule has 112 valence electrons. The predicted octanol–water partition coefficient (Wildman–Crippen LogP) is 3.67. The molecule has 22 heavy (non-hydrogen) atoms. The summed E-state index contributed by atoms with van der Waals surface area (Å²) in [5.41, 5.74) is 2.81. The number of hydrogen-bond acceptors (Lipinski definition) is 4. The maximum Gasteiger partial charge on any atom is 0.271 e. The molecule has 0 bridgehead atoms.